The summed E-state index contributed by atoms with van der Waals surface area (Å²) >= 11 is 1.61. The minimum atomic E-state index is 0.0514. The summed E-state index contributed by atoms with van der Waals surface area (Å²) in [7, 11) is 0. The highest BCUT2D eigenvalue weighted by Gasteiger charge is 2.05. The molecule has 2 rings (SSSR count). The lowest BCUT2D eigenvalue weighted by molar-refractivity contribution is 0.281. The summed E-state index contributed by atoms with van der Waals surface area (Å²) in [6.45, 7) is 2.04. The Morgan fingerprint density at radius 2 is 2.29 bits per heavy atom. The van der Waals surface area contributed by atoms with Crippen LogP contribution < -0.4 is 5.32 Å². The molecule has 1 aromatic carbocycles. The molecule has 4 heteroatoms. The van der Waals surface area contributed by atoms with Crippen molar-refractivity contribution in [3.63, 3.8) is 0 Å². The number of aliphatic hydroxyl groups is 1. The number of hydrogen-bond acceptors (Lipinski definition) is 4. The molecule has 0 spiro atoms. The van der Waals surface area contributed by atoms with Crippen LogP contribution in [0.5, 0.6) is 0 Å². The molecule has 0 aliphatic heterocycles. The molecule has 0 aliphatic rings. The molecule has 3 nitrogen and oxygen atoms in total. The molecule has 2 aromatic rings. The summed E-state index contributed by atoms with van der Waals surface area (Å²) in [5, 5.41) is 12.9. The second kappa shape index (κ2) is 3.94. The Labute approximate surface area is 86.4 Å². The van der Waals surface area contributed by atoms with Gasteiger partial charge in [-0.1, -0.05) is 23.5 Å². The van der Waals surface area contributed by atoms with Gasteiger partial charge in [-0.3, -0.25) is 0 Å². The highest BCUT2D eigenvalue weighted by molar-refractivity contribution is 7.22. The third-order valence-corrected chi connectivity index (χ3v) is 2.91. The number of para-hydroxylation sites is 1. The van der Waals surface area contributed by atoms with Crippen molar-refractivity contribution >= 4 is 26.7 Å². The molecule has 0 saturated carbocycles. The quantitative estimate of drug-likeness (QED) is 0.811. The molecule has 0 radical (unpaired) electrons. The molecule has 1 aromatic heterocycles. The number of aromatic nitrogens is 1. The molecule has 1 heterocycles. The van der Waals surface area contributed by atoms with Crippen LogP contribution in [0.1, 0.15) is 6.92 Å². The van der Waals surface area contributed by atoms with Crippen LogP contribution in [0.3, 0.4) is 0 Å². The Balaban J connectivity index is 2.27. The first-order valence-corrected chi connectivity index (χ1v) is 5.34. The normalized spacial score (nSPS) is 13.0. The van der Waals surface area contributed by atoms with E-state index in [0.29, 0.717) is 0 Å². The van der Waals surface area contributed by atoms with Crippen molar-refractivity contribution in [2.75, 3.05) is 11.9 Å². The fourth-order valence-corrected chi connectivity index (χ4v) is 2.17. The first-order valence-electron chi connectivity index (χ1n) is 4.52. The van der Waals surface area contributed by atoms with Gasteiger partial charge in [-0.15, -0.1) is 0 Å². The fourth-order valence-electron chi connectivity index (χ4n) is 1.19. The van der Waals surface area contributed by atoms with Gasteiger partial charge in [-0.2, -0.15) is 0 Å². The lowest BCUT2D eigenvalue weighted by atomic mass is 10.3. The summed E-state index contributed by atoms with van der Waals surface area (Å²) in [6.07, 6.45) is 0. The summed E-state index contributed by atoms with van der Waals surface area (Å²) in [4.78, 5) is 4.40. The number of anilines is 1. The Morgan fingerprint density at radius 3 is 3.00 bits per heavy atom. The summed E-state index contributed by atoms with van der Waals surface area (Å²) in [6, 6.07) is 8.05. The number of fused-ring (bicyclic) bond motifs is 1. The molecule has 0 fully saturated rings. The number of nitrogens with one attached hydrogen (secondary N) is 1. The first-order chi connectivity index (χ1) is 6.79. The average Bonchev–Trinajstić information content (AvgIpc) is 2.59. The fraction of sp³-hybridized carbons (Fsp3) is 0.300. The maximum absolute atomic E-state index is 8.89. The van der Waals surface area contributed by atoms with E-state index in [2.05, 4.69) is 10.3 Å². The van der Waals surface area contributed by atoms with Crippen molar-refractivity contribution < 1.29 is 5.11 Å². The van der Waals surface area contributed by atoms with Crippen molar-refractivity contribution in [3.8, 4) is 0 Å². The molecule has 0 amide bonds. The summed E-state index contributed by atoms with van der Waals surface area (Å²) < 4.78 is 1.17. The van der Waals surface area contributed by atoms with Gasteiger partial charge in [-0.25, -0.2) is 4.98 Å². The Morgan fingerprint density at radius 1 is 1.50 bits per heavy atom. The third kappa shape index (κ3) is 1.86. The monoisotopic (exact) mass is 208 g/mol. The van der Waals surface area contributed by atoms with Gasteiger partial charge in [0.2, 0.25) is 0 Å². The van der Waals surface area contributed by atoms with E-state index in [0.717, 1.165) is 10.6 Å². The van der Waals surface area contributed by atoms with Gasteiger partial charge < -0.3 is 10.4 Å². The summed E-state index contributed by atoms with van der Waals surface area (Å²) in [5.74, 6) is 0. The van der Waals surface area contributed by atoms with E-state index in [1.54, 1.807) is 11.3 Å². The molecule has 0 bridgehead atoms. The Hall–Kier alpha value is -1.13. The molecule has 0 aliphatic carbocycles. The molecular weight excluding hydrogens is 196 g/mol. The molecule has 2 N–H and O–H groups in total. The minimum absolute atomic E-state index is 0.0514. The Bertz CT molecular complexity index is 394. The topological polar surface area (TPSA) is 45.1 Å². The average molecular weight is 208 g/mol. The van der Waals surface area contributed by atoms with Gasteiger partial charge in [0.25, 0.3) is 0 Å². The largest absolute Gasteiger partial charge is 0.394 e. The van der Waals surface area contributed by atoms with Crippen LogP contribution in [0.4, 0.5) is 5.13 Å². The Kier molecular flexibility index (Phi) is 2.65. The van der Waals surface area contributed by atoms with Crippen molar-refractivity contribution in [2.24, 2.45) is 0 Å². The summed E-state index contributed by atoms with van der Waals surface area (Å²) in [5.41, 5.74) is 1.00. The van der Waals surface area contributed by atoms with Crippen molar-refractivity contribution in [3.05, 3.63) is 24.3 Å². The highest BCUT2D eigenvalue weighted by Crippen LogP contribution is 2.25. The molecule has 14 heavy (non-hydrogen) atoms. The standard InChI is InChI=1S/C10H12N2OS/c1-7(6-13)11-10-12-8-4-2-3-5-9(8)14-10/h2-5,7,13H,6H2,1H3,(H,11,12). The molecule has 1 unspecified atom stereocenters. The maximum atomic E-state index is 8.89. The molecule has 74 valence electrons. The van der Waals surface area contributed by atoms with E-state index >= 15 is 0 Å². The zero-order valence-corrected chi connectivity index (χ0v) is 8.71. The molecule has 0 saturated heterocycles. The second-order valence-electron chi connectivity index (χ2n) is 3.21. The second-order valence-corrected chi connectivity index (χ2v) is 4.25. The number of aliphatic hydroxyl groups excluding tert-OH is 1. The predicted octanol–water partition coefficient (Wildman–Crippen LogP) is 2.09. The van der Waals surface area contributed by atoms with Crippen LogP contribution in [0.25, 0.3) is 10.2 Å². The van der Waals surface area contributed by atoms with Gasteiger partial charge in [0.15, 0.2) is 5.13 Å². The van der Waals surface area contributed by atoms with Crippen LogP contribution in [-0.2, 0) is 0 Å². The van der Waals surface area contributed by atoms with Gasteiger partial charge in [0.05, 0.1) is 16.8 Å². The van der Waals surface area contributed by atoms with E-state index in [4.69, 9.17) is 5.11 Å². The van der Waals surface area contributed by atoms with Crippen molar-refractivity contribution in [2.45, 2.75) is 13.0 Å². The maximum Gasteiger partial charge on any atom is 0.184 e. The number of thiazole rings is 1. The van der Waals surface area contributed by atoms with Gasteiger partial charge in [0.1, 0.15) is 0 Å². The van der Waals surface area contributed by atoms with Crippen molar-refractivity contribution in [1.29, 1.82) is 0 Å². The smallest absolute Gasteiger partial charge is 0.184 e. The van der Waals surface area contributed by atoms with Crippen molar-refractivity contribution in [1.82, 2.24) is 4.98 Å². The molecular formula is C10H12N2OS. The number of benzene rings is 1. The van der Waals surface area contributed by atoms with E-state index < -0.39 is 0 Å². The van der Waals surface area contributed by atoms with Gasteiger partial charge in [-0.05, 0) is 19.1 Å². The van der Waals surface area contributed by atoms with Gasteiger partial charge in [0, 0.05) is 6.04 Å². The number of hydrogen-bond donors (Lipinski definition) is 2. The van der Waals surface area contributed by atoms with Gasteiger partial charge >= 0.3 is 0 Å². The van der Waals surface area contributed by atoms with E-state index in [1.807, 2.05) is 31.2 Å². The zero-order valence-electron chi connectivity index (χ0n) is 7.90. The minimum Gasteiger partial charge on any atom is -0.394 e. The first kappa shape index (κ1) is 9.43. The lowest BCUT2D eigenvalue weighted by Crippen LogP contribution is -2.18. The van der Waals surface area contributed by atoms with Crippen LogP contribution in [0.15, 0.2) is 24.3 Å². The number of nitrogens with zero attached hydrogens (tertiary/aromatic N) is 1. The van der Waals surface area contributed by atoms with Crippen LogP contribution in [-0.4, -0.2) is 22.7 Å². The molecule has 1 atom stereocenters. The van der Waals surface area contributed by atoms with Crippen LogP contribution in [0, 0.1) is 0 Å². The van der Waals surface area contributed by atoms with Crippen LogP contribution in [0.2, 0.25) is 0 Å². The zero-order chi connectivity index (χ0) is 9.97. The lowest BCUT2D eigenvalue weighted by Gasteiger charge is -2.07. The van der Waals surface area contributed by atoms with E-state index in [1.165, 1.54) is 4.70 Å². The van der Waals surface area contributed by atoms with E-state index in [-0.39, 0.29) is 12.6 Å². The highest BCUT2D eigenvalue weighted by atomic mass is 32.1. The van der Waals surface area contributed by atoms with Crippen LogP contribution >= 0.6 is 11.3 Å². The predicted molar refractivity (Wildman–Crippen MR) is 59.8 cm³/mol. The third-order valence-electron chi connectivity index (χ3n) is 1.94. The van der Waals surface area contributed by atoms with E-state index in [9.17, 15) is 0 Å². The SMILES string of the molecule is CC(CO)Nc1nc2ccccc2s1. The number of rotatable bonds is 3.